The number of aromatic carboxylic acids is 1. The molecule has 0 radical (unpaired) electrons. The van der Waals surface area contributed by atoms with E-state index >= 15 is 0 Å². The Balaban J connectivity index is 0.000000230. The zero-order valence-corrected chi connectivity index (χ0v) is 22.8. The fraction of sp³-hybridized carbons (Fsp3) is 0.233. The third-order valence-corrected chi connectivity index (χ3v) is 5.95. The van der Waals surface area contributed by atoms with Crippen molar-refractivity contribution < 1.29 is 18.3 Å². The summed E-state index contributed by atoms with van der Waals surface area (Å²) in [4.78, 5) is 18.9. The van der Waals surface area contributed by atoms with Gasteiger partial charge in [-0.05, 0) is 61.2 Å². The molecule has 0 unspecified atom stereocenters. The first-order chi connectivity index (χ1) is 17.4. The highest BCUT2D eigenvalue weighted by molar-refractivity contribution is 7.91. The van der Waals surface area contributed by atoms with E-state index in [1.54, 1.807) is 24.4 Å². The summed E-state index contributed by atoms with van der Waals surface area (Å²) in [7, 11) is -3.21. The number of carboxylic acid groups (broad SMARTS) is 1. The standard InChI is InChI=1S/C15H11NO2.C11H11NO2S.C4H10/c1-11-4-2-3-5-13(11)8-6-12-7-9-14(15(17)18)16-10-12;1-8-6-7-12-11-9(8)4-3-5-10(11)15(2,13)14;1-4(2)3/h2-5,7,9-10H,1H3,(H,17,18);3-7H,1-2H3;4H,1-3H3. The molecule has 0 aliphatic carbocycles. The molecule has 2 heterocycles. The van der Waals surface area contributed by atoms with E-state index in [0.29, 0.717) is 16.0 Å². The van der Waals surface area contributed by atoms with Gasteiger partial charge in [-0.2, -0.15) is 0 Å². The number of nitrogens with zero attached hydrogens (tertiary/aromatic N) is 2. The lowest BCUT2D eigenvalue weighted by molar-refractivity contribution is 0.0690. The molecule has 0 atom stereocenters. The number of hydrogen-bond acceptors (Lipinski definition) is 5. The lowest BCUT2D eigenvalue weighted by Gasteiger charge is -2.05. The van der Waals surface area contributed by atoms with Crippen molar-refractivity contribution in [1.29, 1.82) is 0 Å². The van der Waals surface area contributed by atoms with Gasteiger partial charge in [0.05, 0.1) is 10.4 Å². The zero-order chi connectivity index (χ0) is 27.6. The van der Waals surface area contributed by atoms with Crippen molar-refractivity contribution in [3.63, 3.8) is 0 Å². The summed E-state index contributed by atoms with van der Waals surface area (Å²) < 4.78 is 23.0. The lowest BCUT2D eigenvalue weighted by atomic mass is 10.1. The Labute approximate surface area is 219 Å². The van der Waals surface area contributed by atoms with Gasteiger partial charge in [-0.15, -0.1) is 0 Å². The van der Waals surface area contributed by atoms with E-state index in [-0.39, 0.29) is 5.69 Å². The van der Waals surface area contributed by atoms with Crippen LogP contribution in [0.5, 0.6) is 0 Å². The molecule has 0 bridgehead atoms. The van der Waals surface area contributed by atoms with Gasteiger partial charge in [-0.1, -0.05) is 62.9 Å². The van der Waals surface area contributed by atoms with Crippen molar-refractivity contribution in [3.8, 4) is 11.8 Å². The fourth-order valence-corrected chi connectivity index (χ4v) is 3.87. The molecule has 4 rings (SSSR count). The van der Waals surface area contributed by atoms with Gasteiger partial charge < -0.3 is 5.11 Å². The van der Waals surface area contributed by atoms with Gasteiger partial charge in [-0.3, -0.25) is 4.98 Å². The van der Waals surface area contributed by atoms with Gasteiger partial charge in [0, 0.05) is 35.2 Å². The first-order valence-corrected chi connectivity index (χ1v) is 13.6. The Morgan fingerprint density at radius 1 is 0.865 bits per heavy atom. The summed E-state index contributed by atoms with van der Waals surface area (Å²) in [5.41, 5.74) is 4.38. The van der Waals surface area contributed by atoms with E-state index in [9.17, 15) is 13.2 Å². The van der Waals surface area contributed by atoms with Crippen molar-refractivity contribution in [2.45, 2.75) is 39.5 Å². The summed E-state index contributed by atoms with van der Waals surface area (Å²) in [5.74, 6) is 5.80. The largest absolute Gasteiger partial charge is 0.477 e. The number of pyridine rings is 2. The lowest BCUT2D eigenvalue weighted by Crippen LogP contribution is -1.99. The average molecular weight is 517 g/mol. The monoisotopic (exact) mass is 516 g/mol. The third-order valence-electron chi connectivity index (χ3n) is 4.82. The topological polar surface area (TPSA) is 97.2 Å². The summed E-state index contributed by atoms with van der Waals surface area (Å²) in [6.45, 7) is 10.4. The Bertz CT molecular complexity index is 1530. The van der Waals surface area contributed by atoms with Gasteiger partial charge in [-0.25, -0.2) is 18.2 Å². The summed E-state index contributed by atoms with van der Waals surface area (Å²) in [6, 6.07) is 18.0. The number of benzene rings is 2. The zero-order valence-electron chi connectivity index (χ0n) is 22.0. The minimum atomic E-state index is -3.21. The highest BCUT2D eigenvalue weighted by Crippen LogP contribution is 2.22. The number of para-hydroxylation sites is 1. The second-order valence-electron chi connectivity index (χ2n) is 9.09. The molecule has 2 aromatic carbocycles. The molecule has 192 valence electrons. The number of hydrogen-bond donors (Lipinski definition) is 1. The number of aromatic nitrogens is 2. The molecule has 1 N–H and O–H groups in total. The first-order valence-electron chi connectivity index (χ1n) is 11.7. The predicted molar refractivity (Wildman–Crippen MR) is 148 cm³/mol. The normalized spacial score (nSPS) is 10.4. The Hall–Kier alpha value is -4.02. The number of carboxylic acids is 1. The molecule has 37 heavy (non-hydrogen) atoms. The van der Waals surface area contributed by atoms with Crippen LogP contribution < -0.4 is 0 Å². The van der Waals surface area contributed by atoms with Crippen LogP contribution in [0.15, 0.2) is 78.0 Å². The van der Waals surface area contributed by atoms with Crippen LogP contribution >= 0.6 is 0 Å². The van der Waals surface area contributed by atoms with Gasteiger partial charge in [0.2, 0.25) is 0 Å². The summed E-state index contributed by atoms with van der Waals surface area (Å²) in [6.07, 6.45) is 4.30. The number of aryl methyl sites for hydroxylation is 2. The van der Waals surface area contributed by atoms with Crippen LogP contribution in [-0.2, 0) is 9.84 Å². The van der Waals surface area contributed by atoms with Crippen molar-refractivity contribution in [3.05, 3.63) is 101 Å². The minimum Gasteiger partial charge on any atom is -0.477 e. The van der Waals surface area contributed by atoms with Crippen molar-refractivity contribution in [1.82, 2.24) is 9.97 Å². The molecule has 6 nitrogen and oxygen atoms in total. The van der Waals surface area contributed by atoms with Crippen molar-refractivity contribution in [2.75, 3.05) is 6.26 Å². The van der Waals surface area contributed by atoms with E-state index in [1.807, 2.05) is 50.2 Å². The van der Waals surface area contributed by atoms with E-state index in [2.05, 4.69) is 42.6 Å². The van der Waals surface area contributed by atoms with Gasteiger partial charge in [0.25, 0.3) is 0 Å². The molecule has 0 aliphatic heterocycles. The van der Waals surface area contributed by atoms with E-state index in [4.69, 9.17) is 5.11 Å². The van der Waals surface area contributed by atoms with Crippen LogP contribution in [0.4, 0.5) is 0 Å². The van der Waals surface area contributed by atoms with Crippen LogP contribution in [0.3, 0.4) is 0 Å². The maximum absolute atomic E-state index is 11.5. The molecule has 0 aliphatic rings. The molecule has 7 heteroatoms. The molecule has 0 amide bonds. The van der Waals surface area contributed by atoms with Crippen molar-refractivity contribution >= 4 is 26.7 Å². The molecule has 0 saturated carbocycles. The van der Waals surface area contributed by atoms with Crippen LogP contribution in [0.2, 0.25) is 0 Å². The van der Waals surface area contributed by atoms with Crippen LogP contribution in [0.25, 0.3) is 10.9 Å². The fourth-order valence-electron chi connectivity index (χ4n) is 3.03. The van der Waals surface area contributed by atoms with E-state index in [0.717, 1.165) is 28.0 Å². The quantitative estimate of drug-likeness (QED) is 0.324. The number of carbonyl (C=O) groups is 1. The molecule has 0 fully saturated rings. The summed E-state index contributed by atoms with van der Waals surface area (Å²) >= 11 is 0. The third kappa shape index (κ3) is 9.17. The van der Waals surface area contributed by atoms with Crippen molar-refractivity contribution in [2.24, 2.45) is 5.92 Å². The molecule has 2 aromatic heterocycles. The second kappa shape index (κ2) is 13.3. The maximum Gasteiger partial charge on any atom is 0.354 e. The number of fused-ring (bicyclic) bond motifs is 1. The molecule has 0 saturated heterocycles. The second-order valence-corrected chi connectivity index (χ2v) is 11.1. The average Bonchev–Trinajstić information content (AvgIpc) is 2.83. The maximum atomic E-state index is 11.5. The Morgan fingerprint density at radius 2 is 1.54 bits per heavy atom. The van der Waals surface area contributed by atoms with E-state index in [1.165, 1.54) is 18.5 Å². The Morgan fingerprint density at radius 3 is 2.11 bits per heavy atom. The van der Waals surface area contributed by atoms with Gasteiger partial charge in [0.15, 0.2) is 9.84 Å². The first kappa shape index (κ1) is 29.2. The highest BCUT2D eigenvalue weighted by atomic mass is 32.2. The summed E-state index contributed by atoms with van der Waals surface area (Å²) in [5, 5.41) is 9.61. The molecular weight excluding hydrogens is 484 g/mol. The van der Waals surface area contributed by atoms with Crippen LogP contribution in [0.1, 0.15) is 53.5 Å². The number of sulfone groups is 1. The minimum absolute atomic E-state index is 0.0245. The number of rotatable bonds is 2. The Kier molecular flexibility index (Phi) is 10.5. The predicted octanol–water partition coefficient (Wildman–Crippen LogP) is 6.10. The van der Waals surface area contributed by atoms with Crippen LogP contribution in [-0.4, -0.2) is 35.7 Å². The molecular formula is C30H32N2O4S. The van der Waals surface area contributed by atoms with Gasteiger partial charge >= 0.3 is 5.97 Å². The van der Waals surface area contributed by atoms with Crippen LogP contribution in [0, 0.1) is 31.6 Å². The smallest absolute Gasteiger partial charge is 0.354 e. The highest BCUT2D eigenvalue weighted by Gasteiger charge is 2.12. The van der Waals surface area contributed by atoms with E-state index < -0.39 is 15.8 Å². The SMILES string of the molecule is CC(C)C.Cc1ccccc1C#Cc1ccc(C(=O)O)nc1.Cc1ccnc2c(S(C)(=O)=O)cccc12. The van der Waals surface area contributed by atoms with Gasteiger partial charge in [0.1, 0.15) is 5.69 Å². The molecule has 4 aromatic rings. The molecule has 0 spiro atoms.